The minimum atomic E-state index is -0.144. The molecule has 21 heavy (non-hydrogen) atoms. The van der Waals surface area contributed by atoms with Crippen LogP contribution >= 0.6 is 0 Å². The fraction of sp³-hybridized carbons (Fsp3) is 0.625. The number of aliphatic hydroxyl groups excluding tert-OH is 1. The van der Waals surface area contributed by atoms with Crippen LogP contribution in [0.4, 0.5) is 5.82 Å². The maximum Gasteiger partial charge on any atom is 0.155 e. The van der Waals surface area contributed by atoms with Crippen molar-refractivity contribution in [1.29, 1.82) is 0 Å². The van der Waals surface area contributed by atoms with Gasteiger partial charge in [-0.3, -0.25) is 0 Å². The molecule has 2 saturated heterocycles. The molecule has 0 saturated carbocycles. The normalized spacial score (nSPS) is 28.8. The lowest BCUT2D eigenvalue weighted by Gasteiger charge is -2.38. The molecule has 2 aliphatic heterocycles. The molecule has 5 nitrogen and oxygen atoms in total. The van der Waals surface area contributed by atoms with E-state index < -0.39 is 0 Å². The molecule has 2 fully saturated rings. The number of anilines is 1. The third kappa shape index (κ3) is 2.02. The van der Waals surface area contributed by atoms with E-state index in [1.54, 1.807) is 0 Å². The molecule has 0 aromatic carbocycles. The van der Waals surface area contributed by atoms with Gasteiger partial charge < -0.3 is 10.0 Å². The van der Waals surface area contributed by atoms with E-state index in [1.165, 1.54) is 0 Å². The van der Waals surface area contributed by atoms with Crippen molar-refractivity contribution in [3.05, 3.63) is 24.2 Å². The van der Waals surface area contributed by atoms with Crippen LogP contribution in [0.25, 0.3) is 5.52 Å². The highest BCUT2D eigenvalue weighted by Gasteiger charge is 2.41. The van der Waals surface area contributed by atoms with Gasteiger partial charge in [-0.05, 0) is 37.7 Å². The number of hydrogen-bond donors (Lipinski definition) is 1. The van der Waals surface area contributed by atoms with Crippen molar-refractivity contribution in [3.63, 3.8) is 0 Å². The monoisotopic (exact) mass is 286 g/mol. The molecule has 2 atom stereocenters. The molecule has 0 spiro atoms. The van der Waals surface area contributed by atoms with Crippen molar-refractivity contribution >= 4 is 11.3 Å². The first-order chi connectivity index (χ1) is 10.1. The number of hydrogen-bond acceptors (Lipinski definition) is 4. The Morgan fingerprint density at radius 3 is 2.62 bits per heavy atom. The lowest BCUT2D eigenvalue weighted by molar-refractivity contribution is 0.126. The van der Waals surface area contributed by atoms with Gasteiger partial charge in [-0.2, -0.15) is 5.10 Å². The van der Waals surface area contributed by atoms with Crippen molar-refractivity contribution < 1.29 is 5.11 Å². The zero-order chi connectivity index (χ0) is 14.6. The largest absolute Gasteiger partial charge is 0.393 e. The van der Waals surface area contributed by atoms with Gasteiger partial charge in [0.25, 0.3) is 0 Å². The van der Waals surface area contributed by atoms with Crippen LogP contribution < -0.4 is 4.90 Å². The number of aromatic nitrogens is 3. The molecule has 5 heteroatoms. The molecule has 0 radical (unpaired) electrons. The van der Waals surface area contributed by atoms with Crippen molar-refractivity contribution in [2.24, 2.45) is 0 Å². The molecule has 112 valence electrons. The van der Waals surface area contributed by atoms with Crippen LogP contribution in [0.3, 0.4) is 0 Å². The van der Waals surface area contributed by atoms with Crippen LogP contribution in [0.2, 0.25) is 0 Å². The number of nitrogens with zero attached hydrogens (tertiary/aromatic N) is 4. The van der Waals surface area contributed by atoms with Gasteiger partial charge in [0.2, 0.25) is 0 Å². The second-order valence-electron chi connectivity index (χ2n) is 6.72. The standard InChI is InChI=1S/C16H22N4O/c1-10(2)14-9-15-16(17-5-6-19(15)18-14)20-11-3-4-12(20)8-13(21)7-11/h5-6,9-13,21H,3-4,7-8H2,1-2H3. The Morgan fingerprint density at radius 1 is 1.24 bits per heavy atom. The molecule has 2 unspecified atom stereocenters. The maximum atomic E-state index is 9.98. The first kappa shape index (κ1) is 13.1. The van der Waals surface area contributed by atoms with E-state index in [1.807, 2.05) is 16.9 Å². The second kappa shape index (κ2) is 4.70. The van der Waals surface area contributed by atoms with E-state index >= 15 is 0 Å². The summed E-state index contributed by atoms with van der Waals surface area (Å²) in [5.74, 6) is 1.45. The minimum Gasteiger partial charge on any atom is -0.393 e. The zero-order valence-corrected chi connectivity index (χ0v) is 12.6. The van der Waals surface area contributed by atoms with Crippen molar-refractivity contribution in [2.75, 3.05) is 4.90 Å². The average molecular weight is 286 g/mol. The van der Waals surface area contributed by atoms with E-state index in [9.17, 15) is 5.11 Å². The molecule has 2 aliphatic rings. The van der Waals surface area contributed by atoms with E-state index in [0.29, 0.717) is 18.0 Å². The van der Waals surface area contributed by atoms with Gasteiger partial charge in [-0.25, -0.2) is 9.50 Å². The van der Waals surface area contributed by atoms with Gasteiger partial charge in [-0.1, -0.05) is 13.8 Å². The quantitative estimate of drug-likeness (QED) is 0.920. The van der Waals surface area contributed by atoms with Gasteiger partial charge in [0.1, 0.15) is 5.52 Å². The molecular weight excluding hydrogens is 264 g/mol. The van der Waals surface area contributed by atoms with Crippen LogP contribution in [0.15, 0.2) is 18.5 Å². The Hall–Kier alpha value is -1.62. The lowest BCUT2D eigenvalue weighted by atomic mass is 10.00. The van der Waals surface area contributed by atoms with Crippen molar-refractivity contribution in [2.45, 2.75) is 63.6 Å². The SMILES string of the molecule is CC(C)c1cc2c(N3C4CCC3CC(O)C4)nccn2n1. The molecule has 4 rings (SSSR count). The van der Waals surface area contributed by atoms with Gasteiger partial charge >= 0.3 is 0 Å². The first-order valence-corrected chi connectivity index (χ1v) is 7.94. The van der Waals surface area contributed by atoms with Crippen molar-refractivity contribution in [3.8, 4) is 0 Å². The molecule has 1 N–H and O–H groups in total. The predicted octanol–water partition coefficient (Wildman–Crippen LogP) is 2.34. The van der Waals surface area contributed by atoms with Crippen molar-refractivity contribution in [1.82, 2.24) is 14.6 Å². The van der Waals surface area contributed by atoms with Crippen LogP contribution in [0.1, 0.15) is 51.1 Å². The summed E-state index contributed by atoms with van der Waals surface area (Å²) in [5.41, 5.74) is 2.20. The van der Waals surface area contributed by atoms with Gasteiger partial charge in [0, 0.05) is 24.5 Å². The molecule has 2 aromatic heterocycles. The highest BCUT2D eigenvalue weighted by molar-refractivity contribution is 5.70. The Bertz CT molecular complexity index is 651. The predicted molar refractivity (Wildman–Crippen MR) is 81.6 cm³/mol. The third-order valence-electron chi connectivity index (χ3n) is 4.93. The molecular formula is C16H22N4O. The summed E-state index contributed by atoms with van der Waals surface area (Å²) in [6.45, 7) is 4.33. The van der Waals surface area contributed by atoms with E-state index in [2.05, 4.69) is 34.9 Å². The minimum absolute atomic E-state index is 0.144. The molecule has 4 heterocycles. The Labute approximate surface area is 124 Å². The summed E-state index contributed by atoms with van der Waals surface area (Å²) >= 11 is 0. The third-order valence-corrected chi connectivity index (χ3v) is 4.93. The number of piperidine rings is 1. The maximum absolute atomic E-state index is 9.98. The fourth-order valence-corrected chi connectivity index (χ4v) is 3.90. The number of aliphatic hydroxyl groups is 1. The highest BCUT2D eigenvalue weighted by atomic mass is 16.3. The fourth-order valence-electron chi connectivity index (χ4n) is 3.90. The Balaban J connectivity index is 1.80. The van der Waals surface area contributed by atoms with Gasteiger partial charge in [0.05, 0.1) is 11.8 Å². The zero-order valence-electron chi connectivity index (χ0n) is 12.6. The van der Waals surface area contributed by atoms with Gasteiger partial charge in [0.15, 0.2) is 5.82 Å². The second-order valence-corrected chi connectivity index (χ2v) is 6.72. The van der Waals surface area contributed by atoms with Crippen LogP contribution in [-0.4, -0.2) is 37.9 Å². The Kier molecular flexibility index (Phi) is 2.92. The summed E-state index contributed by atoms with van der Waals surface area (Å²) in [6, 6.07) is 3.02. The average Bonchev–Trinajstić information content (AvgIpc) is 2.98. The number of fused-ring (bicyclic) bond motifs is 3. The summed E-state index contributed by atoms with van der Waals surface area (Å²) in [6.07, 6.45) is 7.67. The topological polar surface area (TPSA) is 53.7 Å². The van der Waals surface area contributed by atoms with E-state index in [4.69, 9.17) is 0 Å². The first-order valence-electron chi connectivity index (χ1n) is 7.94. The van der Waals surface area contributed by atoms with E-state index in [-0.39, 0.29) is 6.10 Å². The summed E-state index contributed by atoms with van der Waals surface area (Å²) < 4.78 is 1.95. The van der Waals surface area contributed by atoms with Crippen LogP contribution in [0.5, 0.6) is 0 Å². The molecule has 2 aromatic rings. The van der Waals surface area contributed by atoms with Crippen LogP contribution in [0, 0.1) is 0 Å². The molecule has 2 bridgehead atoms. The summed E-state index contributed by atoms with van der Waals surface area (Å²) in [7, 11) is 0. The van der Waals surface area contributed by atoms with Gasteiger partial charge in [-0.15, -0.1) is 0 Å². The smallest absolute Gasteiger partial charge is 0.155 e. The van der Waals surface area contributed by atoms with E-state index in [0.717, 1.165) is 42.7 Å². The lowest BCUT2D eigenvalue weighted by Crippen LogP contribution is -2.45. The molecule has 0 amide bonds. The molecule has 0 aliphatic carbocycles. The summed E-state index contributed by atoms with van der Waals surface area (Å²) in [5, 5.41) is 14.6. The Morgan fingerprint density at radius 2 is 1.95 bits per heavy atom. The van der Waals surface area contributed by atoms with Crippen LogP contribution in [-0.2, 0) is 0 Å². The number of rotatable bonds is 2. The summed E-state index contributed by atoms with van der Waals surface area (Å²) in [4.78, 5) is 7.09. The highest BCUT2D eigenvalue weighted by Crippen LogP contribution is 2.40.